The van der Waals surface area contributed by atoms with Gasteiger partial charge in [0.25, 0.3) is 0 Å². The summed E-state index contributed by atoms with van der Waals surface area (Å²) in [7, 11) is 0. The maximum atomic E-state index is 10.9. The Morgan fingerprint density at radius 2 is 2.28 bits per heavy atom. The molecule has 4 heteroatoms. The summed E-state index contributed by atoms with van der Waals surface area (Å²) in [4.78, 5) is 10.9. The lowest BCUT2D eigenvalue weighted by molar-refractivity contribution is -0.144. The highest BCUT2D eigenvalue weighted by Gasteiger charge is 2.41. The minimum Gasteiger partial charge on any atom is -0.486 e. The van der Waals surface area contributed by atoms with Gasteiger partial charge in [-0.1, -0.05) is 6.07 Å². The Balaban J connectivity index is 2.22. The smallest absolute Gasteiger partial charge is 0.307 e. The average molecular weight is 245 g/mol. The van der Waals surface area contributed by atoms with Crippen LogP contribution in [0.5, 0.6) is 5.75 Å². The van der Waals surface area contributed by atoms with E-state index >= 15 is 0 Å². The lowest BCUT2D eigenvalue weighted by atomic mass is 9.77. The first kappa shape index (κ1) is 12.4. The van der Waals surface area contributed by atoms with E-state index in [1.54, 1.807) is 12.1 Å². The summed E-state index contributed by atoms with van der Waals surface area (Å²) in [5.74, 6) is -0.223. The summed E-state index contributed by atoms with van der Waals surface area (Å²) in [6.07, 6.45) is 2.53. The predicted octanol–water partition coefficient (Wildman–Crippen LogP) is 2.64. The highest BCUT2D eigenvalue weighted by Crippen LogP contribution is 2.40. The van der Waals surface area contributed by atoms with Gasteiger partial charge >= 0.3 is 5.97 Å². The van der Waals surface area contributed by atoms with Gasteiger partial charge in [-0.3, -0.25) is 4.79 Å². The van der Waals surface area contributed by atoms with E-state index < -0.39 is 11.6 Å². The van der Waals surface area contributed by atoms with Crippen molar-refractivity contribution in [2.45, 2.75) is 38.2 Å². The molecule has 1 saturated carbocycles. The van der Waals surface area contributed by atoms with Gasteiger partial charge in [-0.2, -0.15) is 5.26 Å². The van der Waals surface area contributed by atoms with E-state index in [4.69, 9.17) is 15.1 Å². The molecule has 0 saturated heterocycles. The van der Waals surface area contributed by atoms with Gasteiger partial charge in [0.1, 0.15) is 11.4 Å². The fourth-order valence-electron chi connectivity index (χ4n) is 2.17. The van der Waals surface area contributed by atoms with Crippen LogP contribution in [0.3, 0.4) is 0 Å². The number of nitrogens with zero attached hydrogens (tertiary/aromatic N) is 1. The molecule has 0 radical (unpaired) electrons. The molecule has 1 aromatic carbocycles. The number of carboxylic acids is 1. The number of carboxylic acid groups (broad SMARTS) is 1. The van der Waals surface area contributed by atoms with Gasteiger partial charge in [-0.05, 0) is 43.9 Å². The summed E-state index contributed by atoms with van der Waals surface area (Å²) in [6.45, 7) is 1.89. The van der Waals surface area contributed by atoms with Crippen LogP contribution >= 0.6 is 0 Å². The van der Waals surface area contributed by atoms with E-state index in [0.29, 0.717) is 11.3 Å². The lowest BCUT2D eigenvalue weighted by Crippen LogP contribution is -2.45. The molecule has 0 aliphatic heterocycles. The summed E-state index contributed by atoms with van der Waals surface area (Å²) in [6, 6.07) is 7.29. The summed E-state index contributed by atoms with van der Waals surface area (Å²) in [5.41, 5.74) is 0.871. The minimum absolute atomic E-state index is 0.0171. The number of rotatable bonds is 4. The topological polar surface area (TPSA) is 70.3 Å². The van der Waals surface area contributed by atoms with Gasteiger partial charge in [0.2, 0.25) is 0 Å². The maximum Gasteiger partial charge on any atom is 0.307 e. The standard InChI is InChI=1S/C14H15NO3/c1-10-3-4-11(9-15)7-12(10)18-14(5-2-6-14)8-13(16)17/h3-4,7H,2,5-6,8H2,1H3,(H,16,17). The molecule has 0 amide bonds. The Bertz CT molecular complexity index is 512. The van der Waals surface area contributed by atoms with E-state index in [1.807, 2.05) is 13.0 Å². The van der Waals surface area contributed by atoms with Gasteiger partial charge in [0.15, 0.2) is 0 Å². The van der Waals surface area contributed by atoms with Crippen molar-refractivity contribution in [2.24, 2.45) is 0 Å². The minimum atomic E-state index is -0.844. The Labute approximate surface area is 106 Å². The molecule has 0 bridgehead atoms. The predicted molar refractivity (Wildman–Crippen MR) is 65.4 cm³/mol. The molecule has 0 aromatic heterocycles. The molecule has 1 aromatic rings. The van der Waals surface area contributed by atoms with Crippen LogP contribution in [0, 0.1) is 18.3 Å². The van der Waals surface area contributed by atoms with Gasteiger partial charge in [0, 0.05) is 0 Å². The van der Waals surface area contributed by atoms with Crippen LogP contribution in [0.4, 0.5) is 0 Å². The van der Waals surface area contributed by atoms with Crippen LogP contribution in [-0.4, -0.2) is 16.7 Å². The molecule has 0 unspecified atom stereocenters. The molecule has 1 N–H and O–H groups in total. The SMILES string of the molecule is Cc1ccc(C#N)cc1OC1(CC(=O)O)CCC1. The van der Waals surface area contributed by atoms with E-state index in [9.17, 15) is 4.79 Å². The monoisotopic (exact) mass is 245 g/mol. The van der Waals surface area contributed by atoms with Gasteiger partial charge < -0.3 is 9.84 Å². The van der Waals surface area contributed by atoms with Crippen molar-refractivity contribution in [2.75, 3.05) is 0 Å². The quantitative estimate of drug-likeness (QED) is 0.885. The van der Waals surface area contributed by atoms with Crippen LogP contribution in [0.2, 0.25) is 0 Å². The van der Waals surface area contributed by atoms with Crippen LogP contribution in [0.15, 0.2) is 18.2 Å². The van der Waals surface area contributed by atoms with E-state index in [-0.39, 0.29) is 6.42 Å². The summed E-state index contributed by atoms with van der Waals surface area (Å²) < 4.78 is 5.89. The Morgan fingerprint density at radius 3 is 2.78 bits per heavy atom. The molecule has 4 nitrogen and oxygen atoms in total. The number of benzene rings is 1. The van der Waals surface area contributed by atoms with Crippen molar-refractivity contribution < 1.29 is 14.6 Å². The fourth-order valence-corrected chi connectivity index (χ4v) is 2.17. The zero-order valence-electron chi connectivity index (χ0n) is 10.3. The maximum absolute atomic E-state index is 10.9. The zero-order valence-corrected chi connectivity index (χ0v) is 10.3. The van der Waals surface area contributed by atoms with Gasteiger partial charge in [-0.15, -0.1) is 0 Å². The van der Waals surface area contributed by atoms with E-state index in [1.165, 1.54) is 0 Å². The largest absolute Gasteiger partial charge is 0.486 e. The molecule has 0 atom stereocenters. The number of ether oxygens (including phenoxy) is 1. The molecule has 1 fully saturated rings. The number of aryl methyl sites for hydroxylation is 1. The number of carbonyl (C=O) groups is 1. The van der Waals surface area contributed by atoms with Crippen molar-refractivity contribution in [3.05, 3.63) is 29.3 Å². The second-order valence-corrected chi connectivity index (χ2v) is 4.80. The number of nitriles is 1. The second kappa shape index (κ2) is 4.69. The first-order chi connectivity index (χ1) is 8.54. The van der Waals surface area contributed by atoms with Crippen LogP contribution in [0.1, 0.15) is 36.8 Å². The molecule has 94 valence electrons. The highest BCUT2D eigenvalue weighted by atomic mass is 16.5. The van der Waals surface area contributed by atoms with Crippen molar-refractivity contribution in [3.63, 3.8) is 0 Å². The molecule has 0 heterocycles. The van der Waals surface area contributed by atoms with Crippen LogP contribution in [-0.2, 0) is 4.79 Å². The van der Waals surface area contributed by atoms with Crippen molar-refractivity contribution in [1.82, 2.24) is 0 Å². The third kappa shape index (κ3) is 2.45. The van der Waals surface area contributed by atoms with Crippen LogP contribution < -0.4 is 4.74 Å². The van der Waals surface area contributed by atoms with Crippen molar-refractivity contribution in [1.29, 1.82) is 5.26 Å². The molecular weight excluding hydrogens is 230 g/mol. The highest BCUT2D eigenvalue weighted by molar-refractivity contribution is 5.68. The number of aliphatic carboxylic acids is 1. The first-order valence-corrected chi connectivity index (χ1v) is 5.96. The second-order valence-electron chi connectivity index (χ2n) is 4.80. The van der Waals surface area contributed by atoms with Gasteiger partial charge in [-0.25, -0.2) is 0 Å². The molecule has 1 aliphatic carbocycles. The van der Waals surface area contributed by atoms with Crippen molar-refractivity contribution in [3.8, 4) is 11.8 Å². The van der Waals surface area contributed by atoms with E-state index in [0.717, 1.165) is 24.8 Å². The van der Waals surface area contributed by atoms with Gasteiger partial charge in [0.05, 0.1) is 18.1 Å². The molecular formula is C14H15NO3. The van der Waals surface area contributed by atoms with Crippen LogP contribution in [0.25, 0.3) is 0 Å². The Kier molecular flexibility index (Phi) is 3.24. The van der Waals surface area contributed by atoms with E-state index in [2.05, 4.69) is 6.07 Å². The molecule has 1 aliphatic rings. The molecule has 0 spiro atoms. The summed E-state index contributed by atoms with van der Waals surface area (Å²) in [5, 5.41) is 17.8. The number of hydrogen-bond donors (Lipinski definition) is 1. The molecule has 2 rings (SSSR count). The number of hydrogen-bond acceptors (Lipinski definition) is 3. The Morgan fingerprint density at radius 1 is 1.56 bits per heavy atom. The van der Waals surface area contributed by atoms with Crippen molar-refractivity contribution >= 4 is 5.97 Å². The third-order valence-corrected chi connectivity index (χ3v) is 3.38. The lowest BCUT2D eigenvalue weighted by Gasteiger charge is -2.41. The fraction of sp³-hybridized carbons (Fsp3) is 0.429. The zero-order chi connectivity index (χ0) is 13.2. The average Bonchev–Trinajstić information content (AvgIpc) is 2.28. The Hall–Kier alpha value is -2.02. The first-order valence-electron chi connectivity index (χ1n) is 5.96. The summed E-state index contributed by atoms with van der Waals surface area (Å²) >= 11 is 0. The molecule has 18 heavy (non-hydrogen) atoms. The third-order valence-electron chi connectivity index (χ3n) is 3.38. The normalized spacial score (nSPS) is 16.4.